The molecule has 2 saturated heterocycles. The van der Waals surface area contributed by atoms with Gasteiger partial charge in [-0.25, -0.2) is 8.42 Å². The maximum Gasteiger partial charge on any atom is 0.243 e. The van der Waals surface area contributed by atoms with E-state index in [1.807, 2.05) is 13.0 Å². The van der Waals surface area contributed by atoms with Crippen molar-refractivity contribution in [2.24, 2.45) is 17.6 Å². The third-order valence-corrected chi connectivity index (χ3v) is 6.99. The molecule has 0 aliphatic carbocycles. The van der Waals surface area contributed by atoms with E-state index in [4.69, 9.17) is 10.5 Å². The molecular formula is C17H24N2O4S. The normalized spacial score (nSPS) is 26.5. The van der Waals surface area contributed by atoms with Gasteiger partial charge in [0.1, 0.15) is 0 Å². The Morgan fingerprint density at radius 3 is 2.58 bits per heavy atom. The van der Waals surface area contributed by atoms with E-state index in [0.717, 1.165) is 5.56 Å². The summed E-state index contributed by atoms with van der Waals surface area (Å²) in [5, 5.41) is 0. The number of amides is 1. The summed E-state index contributed by atoms with van der Waals surface area (Å²) in [5.74, 6) is -0.365. The molecule has 2 fully saturated rings. The van der Waals surface area contributed by atoms with Crippen LogP contribution in [0.3, 0.4) is 0 Å². The number of rotatable bonds is 4. The van der Waals surface area contributed by atoms with E-state index in [9.17, 15) is 13.2 Å². The van der Waals surface area contributed by atoms with Crippen molar-refractivity contribution in [3.63, 3.8) is 0 Å². The number of hydrogen-bond donors (Lipinski definition) is 1. The number of piperidine rings is 1. The maximum absolute atomic E-state index is 12.8. The third-order valence-electron chi connectivity index (χ3n) is 5.09. The number of primary amides is 1. The highest BCUT2D eigenvalue weighted by atomic mass is 32.2. The fraction of sp³-hybridized carbons (Fsp3) is 0.588. The average Bonchev–Trinajstić information content (AvgIpc) is 3.05. The number of carbonyl (C=O) groups excluding carboxylic acids is 1. The smallest absolute Gasteiger partial charge is 0.243 e. The SMILES string of the molecule is Cc1cccc(S(=O)(=O)N2CCC([C@H]3OCC[C@@H]3C(N)=O)CC2)c1. The molecule has 2 atom stereocenters. The van der Waals surface area contributed by atoms with E-state index in [1.165, 1.54) is 4.31 Å². The molecule has 0 unspecified atom stereocenters. The van der Waals surface area contributed by atoms with Gasteiger partial charge in [-0.15, -0.1) is 0 Å². The monoisotopic (exact) mass is 352 g/mol. The van der Waals surface area contributed by atoms with Crippen LogP contribution in [0.5, 0.6) is 0 Å². The molecule has 2 heterocycles. The van der Waals surface area contributed by atoms with Crippen molar-refractivity contribution in [1.82, 2.24) is 4.31 Å². The van der Waals surface area contributed by atoms with Crippen LogP contribution in [-0.2, 0) is 19.6 Å². The molecule has 3 rings (SSSR count). The van der Waals surface area contributed by atoms with Gasteiger partial charge in [-0.2, -0.15) is 4.31 Å². The highest BCUT2D eigenvalue weighted by Gasteiger charge is 2.40. The van der Waals surface area contributed by atoms with Gasteiger partial charge in [-0.1, -0.05) is 12.1 Å². The van der Waals surface area contributed by atoms with Crippen LogP contribution in [0, 0.1) is 18.8 Å². The fourth-order valence-electron chi connectivity index (χ4n) is 3.75. The van der Waals surface area contributed by atoms with Gasteiger partial charge in [0.2, 0.25) is 15.9 Å². The van der Waals surface area contributed by atoms with Crippen LogP contribution < -0.4 is 5.73 Å². The molecule has 0 bridgehead atoms. The van der Waals surface area contributed by atoms with Crippen molar-refractivity contribution in [1.29, 1.82) is 0 Å². The van der Waals surface area contributed by atoms with Crippen LogP contribution in [0.4, 0.5) is 0 Å². The number of ether oxygens (including phenoxy) is 1. The Labute approximate surface area is 143 Å². The first kappa shape index (κ1) is 17.4. The molecule has 1 amide bonds. The molecule has 6 nitrogen and oxygen atoms in total. The first-order chi connectivity index (χ1) is 11.4. The number of carbonyl (C=O) groups is 1. The quantitative estimate of drug-likeness (QED) is 0.884. The van der Waals surface area contributed by atoms with Gasteiger partial charge in [0.15, 0.2) is 0 Å². The molecular weight excluding hydrogens is 328 g/mol. The lowest BCUT2D eigenvalue weighted by atomic mass is 9.84. The van der Waals surface area contributed by atoms with Gasteiger partial charge in [0, 0.05) is 19.7 Å². The van der Waals surface area contributed by atoms with Crippen LogP contribution in [0.15, 0.2) is 29.2 Å². The number of nitrogens with zero attached hydrogens (tertiary/aromatic N) is 1. The number of nitrogens with two attached hydrogens (primary N) is 1. The molecule has 2 N–H and O–H groups in total. The predicted molar refractivity (Wildman–Crippen MR) is 89.7 cm³/mol. The molecule has 7 heteroatoms. The van der Waals surface area contributed by atoms with Gasteiger partial charge in [-0.05, 0) is 49.8 Å². The van der Waals surface area contributed by atoms with E-state index in [0.29, 0.717) is 43.9 Å². The second-order valence-electron chi connectivity index (χ2n) is 6.69. The summed E-state index contributed by atoms with van der Waals surface area (Å²) in [6, 6.07) is 6.98. The molecule has 0 radical (unpaired) electrons. The standard InChI is InChI=1S/C17H24N2O4S/c1-12-3-2-4-14(11-12)24(21,22)19-8-5-13(6-9-19)16-15(17(18)20)7-10-23-16/h2-4,11,13,15-16H,5-10H2,1H3,(H2,18,20)/t15-,16+/m0/s1. The van der Waals surface area contributed by atoms with Crippen molar-refractivity contribution >= 4 is 15.9 Å². The Kier molecular flexibility index (Phi) is 4.94. The van der Waals surface area contributed by atoms with Crippen LogP contribution in [0.25, 0.3) is 0 Å². The van der Waals surface area contributed by atoms with Gasteiger partial charge in [-0.3, -0.25) is 4.79 Å². The Balaban J connectivity index is 1.68. The third kappa shape index (κ3) is 3.34. The Hall–Kier alpha value is -1.44. The van der Waals surface area contributed by atoms with Gasteiger partial charge in [0.25, 0.3) is 0 Å². The number of hydrogen-bond acceptors (Lipinski definition) is 4. The van der Waals surface area contributed by atoms with Crippen molar-refractivity contribution < 1.29 is 17.9 Å². The first-order valence-corrected chi connectivity index (χ1v) is 9.81. The maximum atomic E-state index is 12.8. The number of sulfonamides is 1. The zero-order valence-corrected chi connectivity index (χ0v) is 14.7. The summed E-state index contributed by atoms with van der Waals surface area (Å²) in [6.07, 6.45) is 1.90. The summed E-state index contributed by atoms with van der Waals surface area (Å²) in [5.41, 5.74) is 6.38. The van der Waals surface area contributed by atoms with E-state index in [-0.39, 0.29) is 23.8 Å². The summed E-state index contributed by atoms with van der Waals surface area (Å²) in [7, 11) is -3.46. The molecule has 0 spiro atoms. The molecule has 2 aliphatic rings. The fourth-order valence-corrected chi connectivity index (χ4v) is 5.32. The highest BCUT2D eigenvalue weighted by Crippen LogP contribution is 2.34. The molecule has 24 heavy (non-hydrogen) atoms. The van der Waals surface area contributed by atoms with E-state index in [2.05, 4.69) is 0 Å². The zero-order chi connectivity index (χ0) is 17.3. The average molecular weight is 352 g/mol. The Morgan fingerprint density at radius 1 is 1.25 bits per heavy atom. The minimum absolute atomic E-state index is 0.161. The zero-order valence-electron chi connectivity index (χ0n) is 13.8. The second-order valence-corrected chi connectivity index (χ2v) is 8.63. The topological polar surface area (TPSA) is 89.7 Å². The summed E-state index contributed by atoms with van der Waals surface area (Å²) in [4.78, 5) is 11.9. The van der Waals surface area contributed by atoms with Gasteiger partial charge >= 0.3 is 0 Å². The largest absolute Gasteiger partial charge is 0.377 e. The Morgan fingerprint density at radius 2 is 1.96 bits per heavy atom. The minimum Gasteiger partial charge on any atom is -0.377 e. The van der Waals surface area contributed by atoms with E-state index < -0.39 is 10.0 Å². The van der Waals surface area contributed by atoms with Crippen LogP contribution in [0.1, 0.15) is 24.8 Å². The minimum atomic E-state index is -3.46. The van der Waals surface area contributed by atoms with Crippen LogP contribution >= 0.6 is 0 Å². The predicted octanol–water partition coefficient (Wildman–Crippen LogP) is 1.29. The van der Waals surface area contributed by atoms with Crippen LogP contribution in [-0.4, -0.2) is 44.4 Å². The molecule has 2 aliphatic heterocycles. The van der Waals surface area contributed by atoms with Crippen molar-refractivity contribution in [2.45, 2.75) is 37.2 Å². The number of aryl methyl sites for hydroxylation is 1. The molecule has 1 aromatic carbocycles. The summed E-state index contributed by atoms with van der Waals surface area (Å²) < 4.78 is 32.8. The lowest BCUT2D eigenvalue weighted by Crippen LogP contribution is -2.44. The first-order valence-electron chi connectivity index (χ1n) is 8.37. The highest BCUT2D eigenvalue weighted by molar-refractivity contribution is 7.89. The number of benzene rings is 1. The van der Waals surface area contributed by atoms with E-state index in [1.54, 1.807) is 18.2 Å². The molecule has 1 aromatic rings. The van der Waals surface area contributed by atoms with Gasteiger partial charge < -0.3 is 10.5 Å². The molecule has 132 valence electrons. The van der Waals surface area contributed by atoms with Crippen LogP contribution in [0.2, 0.25) is 0 Å². The van der Waals surface area contributed by atoms with Crippen molar-refractivity contribution in [3.8, 4) is 0 Å². The Bertz CT molecular complexity index is 711. The lowest BCUT2D eigenvalue weighted by Gasteiger charge is -2.35. The van der Waals surface area contributed by atoms with Crippen molar-refractivity contribution in [2.75, 3.05) is 19.7 Å². The summed E-state index contributed by atoms with van der Waals surface area (Å²) >= 11 is 0. The molecule has 0 aromatic heterocycles. The van der Waals surface area contributed by atoms with Crippen molar-refractivity contribution in [3.05, 3.63) is 29.8 Å². The molecule has 0 saturated carbocycles. The lowest BCUT2D eigenvalue weighted by molar-refractivity contribution is -0.124. The van der Waals surface area contributed by atoms with Gasteiger partial charge in [0.05, 0.1) is 16.9 Å². The summed E-state index contributed by atoms with van der Waals surface area (Å²) in [6.45, 7) is 3.34. The van der Waals surface area contributed by atoms with E-state index >= 15 is 0 Å². The second kappa shape index (κ2) is 6.82.